The second-order valence-corrected chi connectivity index (χ2v) is 2.68. The fraction of sp³-hybridized carbons (Fsp3) is 0.571. The van der Waals surface area contributed by atoms with Crippen LogP contribution in [0.5, 0.6) is 0 Å². The molecule has 0 aliphatic heterocycles. The highest BCUT2D eigenvalue weighted by molar-refractivity contribution is 5.30. The van der Waals surface area contributed by atoms with Gasteiger partial charge in [0.05, 0.1) is 0 Å². The maximum Gasteiger partial charge on any atom is 0.433 e. The summed E-state index contributed by atoms with van der Waals surface area (Å²) >= 11 is 0. The lowest BCUT2D eigenvalue weighted by Gasteiger charge is -2.08. The Morgan fingerprint density at radius 3 is 2.62 bits per heavy atom. The lowest BCUT2D eigenvalue weighted by atomic mass is 10.4. The highest BCUT2D eigenvalue weighted by Crippen LogP contribution is 2.30. The highest BCUT2D eigenvalue weighted by atomic mass is 19.4. The molecule has 1 rings (SSSR count). The van der Waals surface area contributed by atoms with Gasteiger partial charge in [0.25, 0.3) is 0 Å². The summed E-state index contributed by atoms with van der Waals surface area (Å²) in [6.07, 6.45) is -3.79. The van der Waals surface area contributed by atoms with Crippen molar-refractivity contribution in [3.05, 3.63) is 11.8 Å². The Morgan fingerprint density at radius 2 is 2.15 bits per heavy atom. The van der Waals surface area contributed by atoms with Crippen LogP contribution >= 0.6 is 0 Å². The molecule has 3 nitrogen and oxygen atoms in total. The molecule has 0 radical (unpaired) electrons. The number of alkyl halides is 3. The summed E-state index contributed by atoms with van der Waals surface area (Å²) < 4.78 is 37.7. The molecule has 0 saturated heterocycles. The zero-order chi connectivity index (χ0) is 10.1. The molecule has 1 aromatic rings. The SMILES string of the molecule is CCCn1nc(N)cc1C(F)(F)F. The molecule has 0 atom stereocenters. The summed E-state index contributed by atoms with van der Waals surface area (Å²) in [7, 11) is 0. The molecule has 0 aliphatic carbocycles. The molecule has 0 fully saturated rings. The van der Waals surface area contributed by atoms with Gasteiger partial charge < -0.3 is 5.73 Å². The fourth-order valence-electron chi connectivity index (χ4n) is 1.05. The van der Waals surface area contributed by atoms with Crippen molar-refractivity contribution in [2.75, 3.05) is 5.73 Å². The van der Waals surface area contributed by atoms with Gasteiger partial charge in [-0.3, -0.25) is 4.68 Å². The van der Waals surface area contributed by atoms with Crippen molar-refractivity contribution in [1.82, 2.24) is 9.78 Å². The number of halogens is 3. The van der Waals surface area contributed by atoms with E-state index in [-0.39, 0.29) is 12.4 Å². The van der Waals surface area contributed by atoms with Crippen LogP contribution in [0.1, 0.15) is 19.0 Å². The van der Waals surface area contributed by atoms with Crippen molar-refractivity contribution in [2.45, 2.75) is 26.1 Å². The third kappa shape index (κ3) is 2.13. The number of hydrogen-bond donors (Lipinski definition) is 1. The number of nitrogen functional groups attached to an aromatic ring is 1. The van der Waals surface area contributed by atoms with Crippen LogP contribution in [0.4, 0.5) is 19.0 Å². The summed E-state index contributed by atoms with van der Waals surface area (Å²) in [4.78, 5) is 0. The molecule has 0 unspecified atom stereocenters. The summed E-state index contributed by atoms with van der Waals surface area (Å²) in [5, 5.41) is 3.54. The van der Waals surface area contributed by atoms with Crippen molar-refractivity contribution >= 4 is 5.82 Å². The van der Waals surface area contributed by atoms with Gasteiger partial charge in [0.1, 0.15) is 11.5 Å². The molecule has 13 heavy (non-hydrogen) atoms. The average molecular weight is 193 g/mol. The predicted octanol–water partition coefficient (Wildman–Crippen LogP) is 1.89. The molecule has 74 valence electrons. The molecule has 0 amide bonds. The Balaban J connectivity index is 3.04. The lowest BCUT2D eigenvalue weighted by Crippen LogP contribution is -2.14. The van der Waals surface area contributed by atoms with Crippen LogP contribution in [0.3, 0.4) is 0 Å². The van der Waals surface area contributed by atoms with E-state index in [1.165, 1.54) is 0 Å². The van der Waals surface area contributed by atoms with E-state index in [1.54, 1.807) is 6.92 Å². The van der Waals surface area contributed by atoms with Crippen LogP contribution < -0.4 is 5.73 Å². The van der Waals surface area contributed by atoms with Gasteiger partial charge >= 0.3 is 6.18 Å². The molecule has 0 aliphatic rings. The van der Waals surface area contributed by atoms with E-state index >= 15 is 0 Å². The topological polar surface area (TPSA) is 43.8 Å². The molecule has 1 aromatic heterocycles. The Kier molecular flexibility index (Phi) is 2.49. The monoisotopic (exact) mass is 193 g/mol. The normalized spacial score (nSPS) is 12.0. The number of anilines is 1. The molecule has 0 saturated carbocycles. The number of aryl methyl sites for hydroxylation is 1. The summed E-state index contributed by atoms with van der Waals surface area (Å²) in [5.74, 6) is -0.0965. The second kappa shape index (κ2) is 3.27. The standard InChI is InChI=1S/C7H10F3N3/c1-2-3-13-5(7(8,9)10)4-6(11)12-13/h4H,2-3H2,1H3,(H2,11,12). The summed E-state index contributed by atoms with van der Waals surface area (Å²) in [5.41, 5.74) is 4.39. The van der Waals surface area contributed by atoms with E-state index in [4.69, 9.17) is 5.73 Å². The molecular formula is C7H10F3N3. The van der Waals surface area contributed by atoms with Gasteiger partial charge in [0, 0.05) is 12.6 Å². The van der Waals surface area contributed by atoms with Crippen molar-refractivity contribution in [2.24, 2.45) is 0 Å². The van der Waals surface area contributed by atoms with Crippen LogP contribution in [-0.2, 0) is 12.7 Å². The number of nitrogens with zero attached hydrogens (tertiary/aromatic N) is 2. The zero-order valence-corrected chi connectivity index (χ0v) is 7.10. The predicted molar refractivity (Wildman–Crippen MR) is 41.9 cm³/mol. The molecular weight excluding hydrogens is 183 g/mol. The van der Waals surface area contributed by atoms with Gasteiger partial charge in [-0.15, -0.1) is 0 Å². The first-order valence-corrected chi connectivity index (χ1v) is 3.85. The largest absolute Gasteiger partial charge is 0.433 e. The van der Waals surface area contributed by atoms with Gasteiger partial charge in [-0.2, -0.15) is 18.3 Å². The van der Waals surface area contributed by atoms with Gasteiger partial charge in [0.15, 0.2) is 0 Å². The fourth-order valence-corrected chi connectivity index (χ4v) is 1.05. The minimum absolute atomic E-state index is 0.0965. The number of hydrogen-bond acceptors (Lipinski definition) is 2. The van der Waals surface area contributed by atoms with Crippen molar-refractivity contribution in [1.29, 1.82) is 0 Å². The molecule has 6 heteroatoms. The van der Waals surface area contributed by atoms with Gasteiger partial charge in [-0.25, -0.2) is 0 Å². The molecule has 0 bridgehead atoms. The average Bonchev–Trinajstić information content (AvgIpc) is 2.30. The molecule has 2 N–H and O–H groups in total. The highest BCUT2D eigenvalue weighted by Gasteiger charge is 2.35. The Labute approximate surface area is 73.3 Å². The number of nitrogens with two attached hydrogens (primary N) is 1. The third-order valence-corrected chi connectivity index (χ3v) is 1.52. The Hall–Kier alpha value is -1.20. The smallest absolute Gasteiger partial charge is 0.382 e. The van der Waals surface area contributed by atoms with Gasteiger partial charge in [-0.1, -0.05) is 6.92 Å². The maximum absolute atomic E-state index is 12.3. The second-order valence-electron chi connectivity index (χ2n) is 2.68. The van der Waals surface area contributed by atoms with Crippen LogP contribution in [0.25, 0.3) is 0 Å². The third-order valence-electron chi connectivity index (χ3n) is 1.52. The number of aromatic nitrogens is 2. The van der Waals surface area contributed by atoms with E-state index in [2.05, 4.69) is 5.10 Å². The first kappa shape index (κ1) is 9.88. The quantitative estimate of drug-likeness (QED) is 0.779. The van der Waals surface area contributed by atoms with E-state index in [9.17, 15) is 13.2 Å². The minimum Gasteiger partial charge on any atom is -0.382 e. The molecule has 0 aromatic carbocycles. The Bertz CT molecular complexity index is 290. The van der Waals surface area contributed by atoms with Gasteiger partial charge in [-0.05, 0) is 6.42 Å². The summed E-state index contributed by atoms with van der Waals surface area (Å²) in [6, 6.07) is 0.843. The summed E-state index contributed by atoms with van der Waals surface area (Å²) in [6.45, 7) is 2.00. The van der Waals surface area contributed by atoms with E-state index in [0.717, 1.165) is 10.7 Å². The number of rotatable bonds is 2. The van der Waals surface area contributed by atoms with Crippen LogP contribution in [-0.4, -0.2) is 9.78 Å². The van der Waals surface area contributed by atoms with Crippen LogP contribution in [0.15, 0.2) is 6.07 Å². The van der Waals surface area contributed by atoms with E-state index in [1.807, 2.05) is 0 Å². The van der Waals surface area contributed by atoms with Crippen LogP contribution in [0.2, 0.25) is 0 Å². The van der Waals surface area contributed by atoms with Crippen molar-refractivity contribution in [3.63, 3.8) is 0 Å². The zero-order valence-electron chi connectivity index (χ0n) is 7.10. The van der Waals surface area contributed by atoms with Crippen LogP contribution in [0, 0.1) is 0 Å². The minimum atomic E-state index is -4.38. The van der Waals surface area contributed by atoms with Gasteiger partial charge in [0.2, 0.25) is 0 Å². The molecule has 0 spiro atoms. The van der Waals surface area contributed by atoms with Crippen molar-refractivity contribution < 1.29 is 13.2 Å². The Morgan fingerprint density at radius 1 is 1.54 bits per heavy atom. The maximum atomic E-state index is 12.3. The first-order chi connectivity index (χ1) is 5.95. The molecule has 1 heterocycles. The van der Waals surface area contributed by atoms with E-state index in [0.29, 0.717) is 6.42 Å². The first-order valence-electron chi connectivity index (χ1n) is 3.85. The van der Waals surface area contributed by atoms with Crippen molar-refractivity contribution in [3.8, 4) is 0 Å². The van der Waals surface area contributed by atoms with E-state index < -0.39 is 11.9 Å². The lowest BCUT2D eigenvalue weighted by molar-refractivity contribution is -0.144.